The van der Waals surface area contributed by atoms with Crippen LogP contribution in [0.4, 0.5) is 0 Å². The predicted octanol–water partition coefficient (Wildman–Crippen LogP) is 3.57. The van der Waals surface area contributed by atoms with E-state index in [0.29, 0.717) is 11.5 Å². The van der Waals surface area contributed by atoms with Gasteiger partial charge < -0.3 is 10.6 Å². The lowest BCUT2D eigenvalue weighted by Gasteiger charge is -2.33. The third-order valence-corrected chi connectivity index (χ3v) is 2.73. The van der Waals surface area contributed by atoms with E-state index >= 15 is 0 Å². The van der Waals surface area contributed by atoms with Crippen LogP contribution in [-0.2, 0) is 0 Å². The Morgan fingerprint density at radius 1 is 0.882 bits per heavy atom. The standard InChI is InChI=1S/C15H34N2/c1-13(2)16-10-8-9-11-17-15(6,7)12-14(3,4)5/h13,16-17H,8-12H2,1-7H3. The van der Waals surface area contributed by atoms with Gasteiger partial charge in [0.15, 0.2) is 0 Å². The van der Waals surface area contributed by atoms with Gasteiger partial charge in [0.2, 0.25) is 0 Å². The molecule has 0 saturated carbocycles. The summed E-state index contributed by atoms with van der Waals surface area (Å²) in [5.74, 6) is 0. The number of nitrogens with one attached hydrogen (secondary N) is 2. The molecular weight excluding hydrogens is 208 g/mol. The molecule has 0 spiro atoms. The minimum absolute atomic E-state index is 0.254. The Morgan fingerprint density at radius 2 is 1.41 bits per heavy atom. The highest BCUT2D eigenvalue weighted by atomic mass is 15.0. The van der Waals surface area contributed by atoms with Gasteiger partial charge in [-0.1, -0.05) is 34.6 Å². The maximum Gasteiger partial charge on any atom is 0.0130 e. The number of hydrogen-bond donors (Lipinski definition) is 2. The second-order valence-corrected chi connectivity index (χ2v) is 7.36. The smallest absolute Gasteiger partial charge is 0.0130 e. The van der Waals surface area contributed by atoms with Gasteiger partial charge in [-0.25, -0.2) is 0 Å². The molecule has 0 aromatic carbocycles. The van der Waals surface area contributed by atoms with Crippen LogP contribution < -0.4 is 10.6 Å². The Labute approximate surface area is 109 Å². The van der Waals surface area contributed by atoms with E-state index in [0.717, 1.165) is 13.1 Å². The maximum absolute atomic E-state index is 3.68. The third-order valence-electron chi connectivity index (χ3n) is 2.73. The van der Waals surface area contributed by atoms with E-state index in [1.54, 1.807) is 0 Å². The zero-order chi connectivity index (χ0) is 13.5. The zero-order valence-corrected chi connectivity index (χ0v) is 13.1. The van der Waals surface area contributed by atoms with Crippen molar-refractivity contribution in [3.8, 4) is 0 Å². The maximum atomic E-state index is 3.68. The van der Waals surface area contributed by atoms with Gasteiger partial charge in [-0.05, 0) is 51.6 Å². The molecule has 0 aromatic rings. The number of hydrogen-bond acceptors (Lipinski definition) is 2. The molecule has 0 saturated heterocycles. The minimum Gasteiger partial charge on any atom is -0.315 e. The Balaban J connectivity index is 3.59. The molecule has 17 heavy (non-hydrogen) atoms. The minimum atomic E-state index is 0.254. The summed E-state index contributed by atoms with van der Waals surface area (Å²) >= 11 is 0. The van der Waals surface area contributed by atoms with Crippen molar-refractivity contribution in [3.63, 3.8) is 0 Å². The lowest BCUT2D eigenvalue weighted by atomic mass is 9.82. The quantitative estimate of drug-likeness (QED) is 0.636. The van der Waals surface area contributed by atoms with Gasteiger partial charge in [0.05, 0.1) is 0 Å². The fraction of sp³-hybridized carbons (Fsp3) is 1.00. The van der Waals surface area contributed by atoms with E-state index < -0.39 is 0 Å². The van der Waals surface area contributed by atoms with E-state index in [1.165, 1.54) is 19.3 Å². The van der Waals surface area contributed by atoms with Crippen LogP contribution in [-0.4, -0.2) is 24.7 Å². The summed E-state index contributed by atoms with van der Waals surface area (Å²) in [4.78, 5) is 0. The van der Waals surface area contributed by atoms with Crippen molar-refractivity contribution >= 4 is 0 Å². The molecule has 0 aromatic heterocycles. The molecule has 2 nitrogen and oxygen atoms in total. The van der Waals surface area contributed by atoms with Gasteiger partial charge in [-0.2, -0.15) is 0 Å². The number of unbranched alkanes of at least 4 members (excludes halogenated alkanes) is 1. The van der Waals surface area contributed by atoms with Crippen LogP contribution in [0, 0.1) is 5.41 Å². The zero-order valence-electron chi connectivity index (χ0n) is 13.1. The Morgan fingerprint density at radius 3 is 1.88 bits per heavy atom. The van der Waals surface area contributed by atoms with Crippen molar-refractivity contribution in [3.05, 3.63) is 0 Å². The highest BCUT2D eigenvalue weighted by molar-refractivity contribution is 4.82. The van der Waals surface area contributed by atoms with Crippen molar-refractivity contribution in [2.45, 2.75) is 79.3 Å². The second-order valence-electron chi connectivity index (χ2n) is 7.36. The predicted molar refractivity (Wildman–Crippen MR) is 78.5 cm³/mol. The van der Waals surface area contributed by atoms with Gasteiger partial charge in [0.1, 0.15) is 0 Å². The molecule has 0 aliphatic heterocycles. The summed E-state index contributed by atoms with van der Waals surface area (Å²) < 4.78 is 0. The van der Waals surface area contributed by atoms with Gasteiger partial charge >= 0.3 is 0 Å². The third kappa shape index (κ3) is 12.2. The monoisotopic (exact) mass is 242 g/mol. The normalized spacial score (nSPS) is 13.4. The molecule has 2 N–H and O–H groups in total. The summed E-state index contributed by atoms with van der Waals surface area (Å²) in [5.41, 5.74) is 0.652. The molecule has 0 radical (unpaired) electrons. The van der Waals surface area contributed by atoms with Crippen molar-refractivity contribution in [1.82, 2.24) is 10.6 Å². The Hall–Kier alpha value is -0.0800. The van der Waals surface area contributed by atoms with Crippen LogP contribution in [0.15, 0.2) is 0 Å². The van der Waals surface area contributed by atoms with E-state index in [9.17, 15) is 0 Å². The summed E-state index contributed by atoms with van der Waals surface area (Å²) in [6.45, 7) is 18.2. The number of rotatable bonds is 8. The molecule has 104 valence electrons. The van der Waals surface area contributed by atoms with Gasteiger partial charge in [0, 0.05) is 11.6 Å². The summed E-state index contributed by atoms with van der Waals surface area (Å²) in [7, 11) is 0. The van der Waals surface area contributed by atoms with E-state index in [1.807, 2.05) is 0 Å². The molecule has 0 atom stereocenters. The van der Waals surface area contributed by atoms with Gasteiger partial charge in [-0.15, -0.1) is 0 Å². The SMILES string of the molecule is CC(C)NCCCCNC(C)(C)CC(C)(C)C. The van der Waals surface area contributed by atoms with Gasteiger partial charge in [-0.3, -0.25) is 0 Å². The first-order valence-corrected chi connectivity index (χ1v) is 7.11. The fourth-order valence-corrected chi connectivity index (χ4v) is 2.46. The molecule has 2 heteroatoms. The first kappa shape index (κ1) is 16.9. The van der Waals surface area contributed by atoms with Crippen LogP contribution in [0.3, 0.4) is 0 Å². The topological polar surface area (TPSA) is 24.1 Å². The second kappa shape index (κ2) is 7.38. The summed E-state index contributed by atoms with van der Waals surface area (Å²) in [6, 6.07) is 0.611. The molecule has 0 rings (SSSR count). The highest BCUT2D eigenvalue weighted by Gasteiger charge is 2.24. The molecule has 0 aliphatic carbocycles. The fourth-order valence-electron chi connectivity index (χ4n) is 2.46. The van der Waals surface area contributed by atoms with Crippen molar-refractivity contribution in [2.24, 2.45) is 5.41 Å². The van der Waals surface area contributed by atoms with Crippen molar-refractivity contribution in [2.75, 3.05) is 13.1 Å². The van der Waals surface area contributed by atoms with Gasteiger partial charge in [0.25, 0.3) is 0 Å². The average Bonchev–Trinajstić information content (AvgIpc) is 2.06. The van der Waals surface area contributed by atoms with E-state index in [2.05, 4.69) is 59.1 Å². The Bertz CT molecular complexity index is 190. The molecule has 0 aliphatic rings. The van der Waals surface area contributed by atoms with Crippen molar-refractivity contribution < 1.29 is 0 Å². The summed E-state index contributed by atoms with van der Waals surface area (Å²) in [5, 5.41) is 7.13. The summed E-state index contributed by atoms with van der Waals surface area (Å²) in [6.07, 6.45) is 3.73. The van der Waals surface area contributed by atoms with Crippen LogP contribution in [0.2, 0.25) is 0 Å². The molecule has 0 fully saturated rings. The molecule has 0 amide bonds. The van der Waals surface area contributed by atoms with Crippen molar-refractivity contribution in [1.29, 1.82) is 0 Å². The van der Waals surface area contributed by atoms with E-state index in [4.69, 9.17) is 0 Å². The highest BCUT2D eigenvalue weighted by Crippen LogP contribution is 2.26. The molecule has 0 bridgehead atoms. The molecular formula is C15H34N2. The van der Waals surface area contributed by atoms with Crippen LogP contribution in [0.1, 0.15) is 67.7 Å². The lowest BCUT2D eigenvalue weighted by Crippen LogP contribution is -2.42. The van der Waals surface area contributed by atoms with Crippen LogP contribution in [0.5, 0.6) is 0 Å². The Kier molecular flexibility index (Phi) is 7.34. The first-order valence-electron chi connectivity index (χ1n) is 7.11. The largest absolute Gasteiger partial charge is 0.315 e. The average molecular weight is 242 g/mol. The van der Waals surface area contributed by atoms with Crippen LogP contribution >= 0.6 is 0 Å². The van der Waals surface area contributed by atoms with E-state index in [-0.39, 0.29) is 5.54 Å². The molecule has 0 heterocycles. The lowest BCUT2D eigenvalue weighted by molar-refractivity contribution is 0.241. The van der Waals surface area contributed by atoms with Crippen LogP contribution in [0.25, 0.3) is 0 Å². The molecule has 0 unspecified atom stereocenters. The first-order chi connectivity index (χ1) is 7.62.